The number of amides is 1. The van der Waals surface area contributed by atoms with Gasteiger partial charge in [0.15, 0.2) is 0 Å². The molecule has 1 amide bonds. The first-order valence-electron chi connectivity index (χ1n) is 10.4. The first-order chi connectivity index (χ1) is 17.9. The number of imidazole rings is 1. The molecule has 0 aliphatic heterocycles. The summed E-state index contributed by atoms with van der Waals surface area (Å²) in [7, 11) is 1.38. The van der Waals surface area contributed by atoms with E-state index in [1.165, 1.54) is 42.4 Å². The van der Waals surface area contributed by atoms with Crippen LogP contribution in [0.3, 0.4) is 0 Å². The average molecular weight is 612 g/mol. The molecule has 0 bridgehead atoms. The molecule has 38 heavy (non-hydrogen) atoms. The second kappa shape index (κ2) is 11.1. The Bertz CT molecular complexity index is 1520. The third-order valence-electron chi connectivity index (χ3n) is 5.04. The Morgan fingerprint density at radius 2 is 1.87 bits per heavy atom. The summed E-state index contributed by atoms with van der Waals surface area (Å²) in [6.07, 6.45) is -0.191. The third-order valence-corrected chi connectivity index (χ3v) is 6.72. The van der Waals surface area contributed by atoms with E-state index in [0.717, 1.165) is 0 Å². The highest BCUT2D eigenvalue weighted by molar-refractivity contribution is 7.81. The summed E-state index contributed by atoms with van der Waals surface area (Å²) >= 11 is 14.9. The summed E-state index contributed by atoms with van der Waals surface area (Å²) in [4.78, 5) is 23.9. The molecule has 2 aromatic carbocycles. The van der Waals surface area contributed by atoms with Crippen molar-refractivity contribution in [2.75, 3.05) is 13.7 Å². The molecule has 0 saturated carbocycles. The van der Waals surface area contributed by atoms with Crippen molar-refractivity contribution in [3.8, 4) is 11.4 Å². The maximum absolute atomic E-state index is 13.0. The average Bonchev–Trinajstić information content (AvgIpc) is 3.45. The third kappa shape index (κ3) is 6.04. The predicted octanol–water partition coefficient (Wildman–Crippen LogP) is 5.09. The maximum Gasteiger partial charge on any atom is 0.497 e. The number of fused-ring (bicyclic) bond motifs is 1. The van der Waals surface area contributed by atoms with E-state index in [1.54, 1.807) is 6.92 Å². The van der Waals surface area contributed by atoms with Crippen molar-refractivity contribution in [2.45, 2.75) is 18.5 Å². The number of rotatable bonds is 8. The summed E-state index contributed by atoms with van der Waals surface area (Å²) < 4.78 is 62.0. The van der Waals surface area contributed by atoms with E-state index < -0.39 is 35.1 Å². The van der Waals surface area contributed by atoms with Crippen molar-refractivity contribution in [2.24, 2.45) is 0 Å². The van der Waals surface area contributed by atoms with E-state index in [2.05, 4.69) is 25.4 Å². The fourth-order valence-electron chi connectivity index (χ4n) is 3.33. The Morgan fingerprint density at radius 1 is 1.18 bits per heavy atom. The van der Waals surface area contributed by atoms with Gasteiger partial charge in [-0.05, 0) is 25.1 Å². The lowest BCUT2D eigenvalue weighted by Gasteiger charge is -2.17. The summed E-state index contributed by atoms with van der Waals surface area (Å²) in [5.41, 5.74) is -4.28. The van der Waals surface area contributed by atoms with Gasteiger partial charge in [-0.15, -0.1) is 0 Å². The van der Waals surface area contributed by atoms with Crippen LogP contribution in [0.5, 0.6) is 5.75 Å². The minimum Gasteiger partial charge on any atom is -0.495 e. The second-order valence-corrected chi connectivity index (χ2v) is 9.97. The summed E-state index contributed by atoms with van der Waals surface area (Å²) in [6, 6.07) is 5.73. The number of benzene rings is 2. The Morgan fingerprint density at radius 3 is 2.45 bits per heavy atom. The number of nitrogens with zero attached hydrogens (tertiary/aromatic N) is 4. The molecule has 0 saturated heterocycles. The van der Waals surface area contributed by atoms with Gasteiger partial charge >= 0.3 is 5.51 Å². The van der Waals surface area contributed by atoms with Gasteiger partial charge in [-0.2, -0.15) is 18.3 Å². The van der Waals surface area contributed by atoms with Gasteiger partial charge in [0.25, 0.3) is 17.0 Å². The summed E-state index contributed by atoms with van der Waals surface area (Å²) in [6.45, 7) is 1.10. The number of hydrogen-bond donors (Lipinski definition) is 2. The van der Waals surface area contributed by atoms with E-state index in [4.69, 9.17) is 43.7 Å². The molecule has 2 atom stereocenters. The van der Waals surface area contributed by atoms with Crippen molar-refractivity contribution >= 4 is 62.8 Å². The number of aromatic nitrogens is 5. The number of carbonyl (C=O) groups excluding carboxylic acids is 1. The van der Waals surface area contributed by atoms with E-state index in [-0.39, 0.29) is 37.7 Å². The van der Waals surface area contributed by atoms with Crippen LogP contribution < -0.4 is 10.1 Å². The van der Waals surface area contributed by atoms with Gasteiger partial charge in [-0.3, -0.25) is 8.98 Å². The number of hydrogen-bond acceptors (Lipinski definition) is 7. The number of aromatic amines is 1. The zero-order valence-corrected chi connectivity index (χ0v) is 22.4. The number of H-pyrrole nitrogens is 1. The monoisotopic (exact) mass is 610 g/mol. The van der Waals surface area contributed by atoms with Gasteiger partial charge in [-0.25, -0.2) is 18.9 Å². The van der Waals surface area contributed by atoms with Crippen LogP contribution in [-0.4, -0.2) is 54.0 Å². The minimum absolute atomic E-state index is 0.0556. The highest BCUT2D eigenvalue weighted by atomic mass is 35.5. The zero-order valence-electron chi connectivity index (χ0n) is 19.3. The fourth-order valence-corrected chi connectivity index (χ4v) is 4.70. The van der Waals surface area contributed by atoms with Crippen LogP contribution in [-0.2, 0) is 15.3 Å². The number of ether oxygens (including phenoxy) is 1. The molecule has 202 valence electrons. The van der Waals surface area contributed by atoms with Crippen molar-refractivity contribution in [1.82, 2.24) is 30.0 Å². The molecule has 10 nitrogen and oxygen atoms in total. The van der Waals surface area contributed by atoms with Gasteiger partial charge < -0.3 is 15.0 Å². The van der Waals surface area contributed by atoms with Gasteiger partial charge in [-0.1, -0.05) is 34.8 Å². The van der Waals surface area contributed by atoms with Gasteiger partial charge in [0, 0.05) is 6.07 Å². The summed E-state index contributed by atoms with van der Waals surface area (Å²) in [5.74, 6) is -0.215. The molecular weight excluding hydrogens is 596 g/mol. The van der Waals surface area contributed by atoms with Crippen molar-refractivity contribution in [3.63, 3.8) is 0 Å². The number of aryl methyl sites for hydroxylation is 1. The smallest absolute Gasteiger partial charge is 0.495 e. The summed E-state index contributed by atoms with van der Waals surface area (Å²) in [5, 5.41) is 6.64. The first-order valence-corrected chi connectivity index (χ1v) is 12.6. The van der Waals surface area contributed by atoms with Crippen LogP contribution in [0.2, 0.25) is 15.1 Å². The first kappa shape index (κ1) is 28.1. The Kier molecular flexibility index (Phi) is 8.18. The molecular formula is C21H16Cl3F3N6O4S. The highest BCUT2D eigenvalue weighted by Gasteiger charge is 2.41. The van der Waals surface area contributed by atoms with Gasteiger partial charge in [0.05, 0.1) is 51.0 Å². The van der Waals surface area contributed by atoms with E-state index >= 15 is 0 Å². The number of carbonyl (C=O) groups is 1. The Hall–Kier alpha value is -2.91. The molecule has 2 aromatic heterocycles. The van der Waals surface area contributed by atoms with Crippen LogP contribution in [0.15, 0.2) is 30.6 Å². The number of halogens is 6. The number of nitrogens with one attached hydrogen (secondary N) is 2. The Labute approximate surface area is 230 Å². The van der Waals surface area contributed by atoms with Gasteiger partial charge in [0.2, 0.25) is 0 Å². The van der Waals surface area contributed by atoms with Gasteiger partial charge in [0.1, 0.15) is 29.8 Å². The van der Waals surface area contributed by atoms with Crippen molar-refractivity contribution in [3.05, 3.63) is 62.9 Å². The molecule has 2 N–H and O–H groups in total. The fraction of sp³-hybridized carbons (Fsp3) is 0.238. The molecule has 2 heterocycles. The lowest BCUT2D eigenvalue weighted by atomic mass is 10.2. The molecule has 0 spiro atoms. The van der Waals surface area contributed by atoms with E-state index in [1.807, 2.05) is 0 Å². The van der Waals surface area contributed by atoms with Crippen LogP contribution in [0.25, 0.3) is 16.7 Å². The molecule has 0 radical (unpaired) electrons. The predicted molar refractivity (Wildman–Crippen MR) is 134 cm³/mol. The topological polar surface area (TPSA) is 124 Å². The van der Waals surface area contributed by atoms with Crippen LogP contribution in [0, 0.1) is 6.92 Å². The lowest BCUT2D eigenvalue weighted by molar-refractivity contribution is -0.0500. The molecule has 4 rings (SSSR count). The molecule has 4 aromatic rings. The molecule has 0 aliphatic carbocycles. The molecule has 0 aliphatic rings. The SMILES string of the molecule is COc1cc2nc(C(CNC(=O)c3c(Cl)cc(-n4cnc(C)n4)cc3Cl)OS(=O)C(F)(F)F)[nH]c2cc1Cl. The van der Waals surface area contributed by atoms with E-state index in [0.29, 0.717) is 17.0 Å². The Balaban J connectivity index is 1.60. The normalized spacial score (nSPS) is 13.5. The lowest BCUT2D eigenvalue weighted by Crippen LogP contribution is -2.32. The van der Waals surface area contributed by atoms with E-state index in [9.17, 15) is 22.2 Å². The highest BCUT2D eigenvalue weighted by Crippen LogP contribution is 2.32. The van der Waals surface area contributed by atoms with Crippen LogP contribution in [0.1, 0.15) is 28.1 Å². The minimum atomic E-state index is -5.18. The quantitative estimate of drug-likeness (QED) is 0.284. The zero-order chi connectivity index (χ0) is 27.8. The van der Waals surface area contributed by atoms with Crippen LogP contribution in [0.4, 0.5) is 13.2 Å². The van der Waals surface area contributed by atoms with Crippen molar-refractivity contribution in [1.29, 1.82) is 0 Å². The second-order valence-electron chi connectivity index (χ2n) is 7.62. The standard InChI is InChI=1S/C21H16Cl3F3N6O4S/c1-9-29-8-33(32-9)10-3-12(23)18(13(24)4-10)20(34)28-7-17(37-38(35)21(25,26)27)19-30-14-5-11(22)16(36-2)6-15(14)31-19/h3-6,8,17H,7H2,1-2H3,(H,28,34)(H,30,31). The maximum atomic E-state index is 13.0. The molecule has 2 unspecified atom stereocenters. The molecule has 17 heteroatoms. The van der Waals surface area contributed by atoms with Crippen molar-refractivity contribution < 1.29 is 31.1 Å². The number of methoxy groups -OCH3 is 1. The molecule has 0 fully saturated rings. The number of alkyl halides is 3. The largest absolute Gasteiger partial charge is 0.497 e. The van der Waals surface area contributed by atoms with Crippen LogP contribution >= 0.6 is 34.8 Å².